The van der Waals surface area contributed by atoms with Gasteiger partial charge in [-0.1, -0.05) is 13.8 Å². The maximum Gasteiger partial charge on any atom is 0.356 e. The summed E-state index contributed by atoms with van der Waals surface area (Å²) in [6.45, 7) is 6.22. The summed E-state index contributed by atoms with van der Waals surface area (Å²) in [5.41, 5.74) is 6.80. The van der Waals surface area contributed by atoms with Crippen LogP contribution in [0, 0.1) is 5.92 Å². The summed E-state index contributed by atoms with van der Waals surface area (Å²) in [5.74, 6) is 0.405. The molecule has 0 saturated carbocycles. The number of nitrogens with two attached hydrogens (primary N) is 1. The number of hydrogen-bond acceptors (Lipinski definition) is 4. The van der Waals surface area contributed by atoms with Gasteiger partial charge in [0.25, 0.3) is 0 Å². The second-order valence-corrected chi connectivity index (χ2v) is 3.78. The van der Waals surface area contributed by atoms with Gasteiger partial charge in [0.05, 0.1) is 6.61 Å². The lowest BCUT2D eigenvalue weighted by Gasteiger charge is -2.06. The highest BCUT2D eigenvalue weighted by Crippen LogP contribution is 2.18. The van der Waals surface area contributed by atoms with Crippen molar-refractivity contribution in [1.82, 2.24) is 10.2 Å². The van der Waals surface area contributed by atoms with Gasteiger partial charge in [-0.05, 0) is 19.3 Å². The summed E-state index contributed by atoms with van der Waals surface area (Å²) in [6, 6.07) is 0. The number of H-pyrrole nitrogens is 1. The minimum absolute atomic E-state index is 0.346. The molecule has 1 rings (SSSR count). The topological polar surface area (TPSA) is 81.0 Å². The quantitative estimate of drug-likeness (QED) is 0.737. The van der Waals surface area contributed by atoms with Gasteiger partial charge in [-0.3, -0.25) is 5.10 Å². The first kappa shape index (κ1) is 11.6. The molecular formula is C10H17N3O2. The predicted octanol–water partition coefficient (Wildman–Crippen LogP) is 1.37. The summed E-state index contributed by atoms with van der Waals surface area (Å²) in [5, 5.41) is 6.44. The fraction of sp³-hybridized carbons (Fsp3) is 0.600. The third kappa shape index (κ3) is 2.71. The summed E-state index contributed by atoms with van der Waals surface area (Å²) >= 11 is 0. The molecule has 0 fully saturated rings. The van der Waals surface area contributed by atoms with Gasteiger partial charge in [-0.2, -0.15) is 5.10 Å². The third-order valence-corrected chi connectivity index (χ3v) is 1.99. The zero-order valence-corrected chi connectivity index (χ0v) is 9.33. The van der Waals surface area contributed by atoms with E-state index in [9.17, 15) is 4.79 Å². The van der Waals surface area contributed by atoms with Crippen LogP contribution >= 0.6 is 0 Å². The van der Waals surface area contributed by atoms with E-state index in [1.165, 1.54) is 0 Å². The number of nitrogen functional groups attached to an aromatic ring is 1. The Balaban J connectivity index is 2.92. The first-order chi connectivity index (χ1) is 7.06. The van der Waals surface area contributed by atoms with Crippen LogP contribution < -0.4 is 5.73 Å². The Labute approximate surface area is 89.0 Å². The second-order valence-electron chi connectivity index (χ2n) is 3.78. The number of aromatic amines is 1. The number of esters is 1. The molecular weight excluding hydrogens is 194 g/mol. The Kier molecular flexibility index (Phi) is 3.71. The molecule has 5 nitrogen and oxygen atoms in total. The molecule has 0 saturated heterocycles. The second kappa shape index (κ2) is 4.82. The van der Waals surface area contributed by atoms with Gasteiger partial charge < -0.3 is 10.5 Å². The van der Waals surface area contributed by atoms with E-state index >= 15 is 0 Å². The van der Waals surface area contributed by atoms with Crippen molar-refractivity contribution >= 4 is 11.8 Å². The molecule has 0 aliphatic heterocycles. The van der Waals surface area contributed by atoms with E-state index in [1.54, 1.807) is 6.92 Å². The lowest BCUT2D eigenvalue weighted by Crippen LogP contribution is -2.10. The number of aromatic nitrogens is 2. The van der Waals surface area contributed by atoms with Gasteiger partial charge in [-0.15, -0.1) is 0 Å². The number of carbonyl (C=O) groups is 1. The monoisotopic (exact) mass is 211 g/mol. The highest BCUT2D eigenvalue weighted by atomic mass is 16.5. The number of nitrogens with zero attached hydrogens (tertiary/aromatic N) is 1. The smallest absolute Gasteiger partial charge is 0.356 e. The van der Waals surface area contributed by atoms with Crippen LogP contribution in [0.25, 0.3) is 0 Å². The number of carbonyl (C=O) groups excluding carboxylic acids is 1. The summed E-state index contributed by atoms with van der Waals surface area (Å²) in [7, 11) is 0. The predicted molar refractivity (Wildman–Crippen MR) is 57.5 cm³/mol. The lowest BCUT2D eigenvalue weighted by molar-refractivity contribution is 0.0518. The highest BCUT2D eigenvalue weighted by molar-refractivity contribution is 5.90. The van der Waals surface area contributed by atoms with Crippen molar-refractivity contribution in [3.63, 3.8) is 0 Å². The first-order valence-corrected chi connectivity index (χ1v) is 5.06. The largest absolute Gasteiger partial charge is 0.461 e. The van der Waals surface area contributed by atoms with E-state index < -0.39 is 5.97 Å². The molecule has 0 radical (unpaired) electrons. The van der Waals surface area contributed by atoms with Gasteiger partial charge in [0.2, 0.25) is 0 Å². The van der Waals surface area contributed by atoms with Crippen molar-refractivity contribution < 1.29 is 9.53 Å². The zero-order chi connectivity index (χ0) is 11.4. The van der Waals surface area contributed by atoms with Crippen LogP contribution in [0.3, 0.4) is 0 Å². The van der Waals surface area contributed by atoms with E-state index in [1.807, 2.05) is 0 Å². The van der Waals surface area contributed by atoms with Gasteiger partial charge in [0, 0.05) is 5.56 Å². The van der Waals surface area contributed by atoms with Crippen molar-refractivity contribution in [2.45, 2.75) is 27.2 Å². The molecule has 0 unspecified atom stereocenters. The molecule has 1 heterocycles. The van der Waals surface area contributed by atoms with Crippen molar-refractivity contribution in [3.8, 4) is 0 Å². The maximum absolute atomic E-state index is 11.5. The van der Waals surface area contributed by atoms with E-state index in [-0.39, 0.29) is 0 Å². The molecule has 0 atom stereocenters. The number of hydrogen-bond donors (Lipinski definition) is 2. The molecule has 1 aromatic heterocycles. The summed E-state index contributed by atoms with van der Waals surface area (Å²) in [4.78, 5) is 11.5. The number of rotatable bonds is 4. The molecule has 1 aromatic rings. The zero-order valence-electron chi connectivity index (χ0n) is 9.33. The van der Waals surface area contributed by atoms with Crippen LogP contribution in [0.2, 0.25) is 0 Å². The Morgan fingerprint density at radius 2 is 2.27 bits per heavy atom. The maximum atomic E-state index is 11.5. The van der Waals surface area contributed by atoms with Crippen LogP contribution in [-0.4, -0.2) is 22.8 Å². The van der Waals surface area contributed by atoms with Crippen molar-refractivity contribution in [1.29, 1.82) is 0 Å². The van der Waals surface area contributed by atoms with Crippen LogP contribution in [0.1, 0.15) is 36.8 Å². The van der Waals surface area contributed by atoms with Crippen LogP contribution in [0.4, 0.5) is 5.82 Å². The van der Waals surface area contributed by atoms with E-state index in [0.29, 0.717) is 24.0 Å². The molecule has 3 N–H and O–H groups in total. The molecule has 5 heteroatoms. The lowest BCUT2D eigenvalue weighted by atomic mass is 10.0. The Morgan fingerprint density at radius 3 is 2.80 bits per heavy atom. The van der Waals surface area contributed by atoms with E-state index in [2.05, 4.69) is 24.0 Å². The van der Waals surface area contributed by atoms with Crippen molar-refractivity contribution in [3.05, 3.63) is 11.3 Å². The van der Waals surface area contributed by atoms with Gasteiger partial charge in [0.15, 0.2) is 0 Å². The van der Waals surface area contributed by atoms with Crippen LogP contribution in [0.5, 0.6) is 0 Å². The molecule has 15 heavy (non-hydrogen) atoms. The molecule has 84 valence electrons. The number of ether oxygens (including phenoxy) is 1. The van der Waals surface area contributed by atoms with E-state index in [4.69, 9.17) is 10.5 Å². The van der Waals surface area contributed by atoms with Crippen molar-refractivity contribution in [2.75, 3.05) is 12.3 Å². The molecule has 0 spiro atoms. The summed E-state index contributed by atoms with van der Waals surface area (Å²) in [6.07, 6.45) is 0.719. The van der Waals surface area contributed by atoms with Crippen LogP contribution in [0.15, 0.2) is 0 Å². The minimum Gasteiger partial charge on any atom is -0.461 e. The third-order valence-electron chi connectivity index (χ3n) is 1.99. The van der Waals surface area contributed by atoms with E-state index in [0.717, 1.165) is 12.0 Å². The summed E-state index contributed by atoms with van der Waals surface area (Å²) < 4.78 is 4.90. The molecule has 0 aliphatic carbocycles. The van der Waals surface area contributed by atoms with Gasteiger partial charge in [0.1, 0.15) is 11.5 Å². The first-order valence-electron chi connectivity index (χ1n) is 5.06. The van der Waals surface area contributed by atoms with Crippen molar-refractivity contribution in [2.24, 2.45) is 5.92 Å². The average Bonchev–Trinajstić information content (AvgIpc) is 2.48. The van der Waals surface area contributed by atoms with Gasteiger partial charge >= 0.3 is 5.97 Å². The Hall–Kier alpha value is -1.52. The molecule has 0 bridgehead atoms. The normalized spacial score (nSPS) is 10.7. The Bertz CT molecular complexity index is 344. The SMILES string of the molecule is CCOC(=O)c1[nH]nc(N)c1CC(C)C. The number of nitrogens with one attached hydrogen (secondary N) is 1. The van der Waals surface area contributed by atoms with Gasteiger partial charge in [-0.25, -0.2) is 4.79 Å². The Morgan fingerprint density at radius 1 is 1.60 bits per heavy atom. The molecule has 0 aliphatic rings. The fourth-order valence-corrected chi connectivity index (χ4v) is 1.37. The fourth-order valence-electron chi connectivity index (χ4n) is 1.37. The number of anilines is 1. The average molecular weight is 211 g/mol. The minimum atomic E-state index is -0.391. The molecule has 0 aromatic carbocycles. The highest BCUT2D eigenvalue weighted by Gasteiger charge is 2.19. The van der Waals surface area contributed by atoms with Crippen LogP contribution in [-0.2, 0) is 11.2 Å². The molecule has 0 amide bonds. The standard InChI is InChI=1S/C10H17N3O2/c1-4-15-10(14)8-7(5-6(2)3)9(11)13-12-8/h6H,4-5H2,1-3H3,(H3,11,12,13).